The van der Waals surface area contributed by atoms with E-state index in [4.69, 9.17) is 10.8 Å². The highest BCUT2D eigenvalue weighted by Gasteiger charge is 2.13. The largest absolute Gasteiger partial charge is 0.396 e. The van der Waals surface area contributed by atoms with Crippen LogP contribution in [0.5, 0.6) is 0 Å². The molecule has 0 rings (SSSR count). The van der Waals surface area contributed by atoms with Crippen LogP contribution in [0.3, 0.4) is 0 Å². The van der Waals surface area contributed by atoms with Crippen molar-refractivity contribution in [3.63, 3.8) is 0 Å². The summed E-state index contributed by atoms with van der Waals surface area (Å²) in [6.45, 7) is 1.43. The van der Waals surface area contributed by atoms with Crippen LogP contribution >= 0.6 is 0 Å². The lowest BCUT2D eigenvalue weighted by Gasteiger charge is -2.10. The van der Waals surface area contributed by atoms with Crippen molar-refractivity contribution in [1.29, 1.82) is 0 Å². The molecule has 0 fully saturated rings. The van der Waals surface area contributed by atoms with E-state index in [9.17, 15) is 9.90 Å². The minimum absolute atomic E-state index is 0.262. The van der Waals surface area contributed by atoms with E-state index in [1.165, 1.54) is 51.4 Å². The second kappa shape index (κ2) is 18.7. The molecule has 0 unspecified atom stereocenters. The minimum Gasteiger partial charge on any atom is -0.396 e. The molecule has 0 aliphatic rings. The summed E-state index contributed by atoms with van der Waals surface area (Å²) in [5.41, 5.74) is 5.36. The molecule has 1 atom stereocenters. The number of carbonyl (C=O) groups excluding carboxylic acids is 1. The Morgan fingerprint density at radius 2 is 1.25 bits per heavy atom. The van der Waals surface area contributed by atoms with Crippen LogP contribution in [0, 0.1) is 0 Å². The van der Waals surface area contributed by atoms with Gasteiger partial charge in [-0.3, -0.25) is 4.79 Å². The van der Waals surface area contributed by atoms with Gasteiger partial charge in [0.1, 0.15) is 6.10 Å². The number of hydrogen-bond acceptors (Lipinski definition) is 4. The summed E-state index contributed by atoms with van der Waals surface area (Å²) < 4.78 is 0. The number of rotatable bonds is 18. The van der Waals surface area contributed by atoms with Crippen LogP contribution < -0.4 is 11.1 Å². The van der Waals surface area contributed by atoms with Gasteiger partial charge < -0.3 is 21.3 Å². The number of aliphatic hydroxyl groups excluding tert-OH is 2. The average molecular weight is 345 g/mol. The fraction of sp³-hybridized carbons (Fsp3) is 0.947. The predicted molar refractivity (Wildman–Crippen MR) is 99.8 cm³/mol. The quantitative estimate of drug-likeness (QED) is 0.288. The lowest BCUT2D eigenvalue weighted by Crippen LogP contribution is -2.35. The lowest BCUT2D eigenvalue weighted by atomic mass is 10.0. The maximum Gasteiger partial charge on any atom is 0.248 e. The van der Waals surface area contributed by atoms with Gasteiger partial charge in [0.15, 0.2) is 0 Å². The zero-order chi connectivity index (χ0) is 17.9. The number of aliphatic hydroxyl groups is 2. The maximum atomic E-state index is 11.6. The van der Waals surface area contributed by atoms with Gasteiger partial charge in [-0.1, -0.05) is 70.6 Å². The van der Waals surface area contributed by atoms with Crippen LogP contribution in [0.1, 0.15) is 89.9 Å². The molecule has 0 saturated heterocycles. The van der Waals surface area contributed by atoms with Crippen molar-refractivity contribution < 1.29 is 15.0 Å². The van der Waals surface area contributed by atoms with Crippen molar-refractivity contribution in [2.75, 3.05) is 19.7 Å². The van der Waals surface area contributed by atoms with E-state index in [0.717, 1.165) is 32.1 Å². The highest BCUT2D eigenvalue weighted by molar-refractivity contribution is 5.80. The summed E-state index contributed by atoms with van der Waals surface area (Å²) >= 11 is 0. The first-order chi connectivity index (χ1) is 11.7. The summed E-state index contributed by atoms with van der Waals surface area (Å²) in [4.78, 5) is 11.6. The second-order valence-electron chi connectivity index (χ2n) is 6.70. The summed E-state index contributed by atoms with van der Waals surface area (Å²) in [6, 6.07) is 0. The Hall–Kier alpha value is -0.650. The zero-order valence-electron chi connectivity index (χ0n) is 15.5. The van der Waals surface area contributed by atoms with E-state index >= 15 is 0 Å². The van der Waals surface area contributed by atoms with E-state index in [2.05, 4.69) is 5.32 Å². The van der Waals surface area contributed by atoms with Gasteiger partial charge in [-0.2, -0.15) is 0 Å². The SMILES string of the molecule is NCCCNC(=O)[C@@H](O)CCCCCCCCCCCCCCO. The van der Waals surface area contributed by atoms with E-state index in [1.807, 2.05) is 0 Å². The van der Waals surface area contributed by atoms with Crippen LogP contribution in [0.4, 0.5) is 0 Å². The summed E-state index contributed by atoms with van der Waals surface area (Å²) in [6.07, 6.45) is 14.8. The molecular weight excluding hydrogens is 304 g/mol. The molecule has 24 heavy (non-hydrogen) atoms. The van der Waals surface area contributed by atoms with Crippen LogP contribution in [0.25, 0.3) is 0 Å². The summed E-state index contributed by atoms with van der Waals surface area (Å²) in [7, 11) is 0. The monoisotopic (exact) mass is 344 g/mol. The number of amides is 1. The van der Waals surface area contributed by atoms with Crippen LogP contribution in [-0.2, 0) is 4.79 Å². The lowest BCUT2D eigenvalue weighted by molar-refractivity contribution is -0.129. The van der Waals surface area contributed by atoms with E-state index in [-0.39, 0.29) is 5.91 Å². The Balaban J connectivity index is 3.22. The number of nitrogens with two attached hydrogens (primary N) is 1. The smallest absolute Gasteiger partial charge is 0.248 e. The van der Waals surface area contributed by atoms with Gasteiger partial charge in [0, 0.05) is 13.2 Å². The molecule has 5 N–H and O–H groups in total. The molecule has 5 heteroatoms. The molecule has 0 heterocycles. The molecule has 0 aromatic rings. The molecule has 0 aliphatic heterocycles. The third-order valence-electron chi connectivity index (χ3n) is 4.37. The third kappa shape index (κ3) is 16.2. The molecule has 144 valence electrons. The van der Waals surface area contributed by atoms with Crippen molar-refractivity contribution in [3.05, 3.63) is 0 Å². The van der Waals surface area contributed by atoms with E-state index in [0.29, 0.717) is 26.1 Å². The van der Waals surface area contributed by atoms with Gasteiger partial charge in [0.25, 0.3) is 0 Å². The van der Waals surface area contributed by atoms with Crippen LogP contribution in [0.15, 0.2) is 0 Å². The minimum atomic E-state index is -0.867. The van der Waals surface area contributed by atoms with Gasteiger partial charge in [0.2, 0.25) is 5.91 Å². The van der Waals surface area contributed by atoms with Crippen LogP contribution in [0.2, 0.25) is 0 Å². The molecule has 1 amide bonds. The molecular formula is C19H40N2O3. The Kier molecular flexibility index (Phi) is 18.2. The molecule has 0 spiro atoms. The standard InChI is InChI=1S/C19H40N2O3/c20-15-13-16-21-19(24)18(23)14-11-9-7-5-3-1-2-4-6-8-10-12-17-22/h18,22-23H,1-17,20H2,(H,21,24)/t18-/m0/s1. The molecule has 0 aliphatic carbocycles. The van der Waals surface area contributed by atoms with Crippen molar-refractivity contribution in [3.8, 4) is 0 Å². The zero-order valence-corrected chi connectivity index (χ0v) is 15.5. The van der Waals surface area contributed by atoms with Crippen molar-refractivity contribution in [2.24, 2.45) is 5.73 Å². The first kappa shape index (κ1) is 23.4. The topological polar surface area (TPSA) is 95.6 Å². The molecule has 0 radical (unpaired) electrons. The van der Waals surface area contributed by atoms with E-state index in [1.54, 1.807) is 0 Å². The highest BCUT2D eigenvalue weighted by atomic mass is 16.3. The van der Waals surface area contributed by atoms with Crippen molar-refractivity contribution in [2.45, 2.75) is 96.0 Å². The van der Waals surface area contributed by atoms with Crippen molar-refractivity contribution >= 4 is 5.91 Å². The average Bonchev–Trinajstić information content (AvgIpc) is 2.58. The summed E-state index contributed by atoms with van der Waals surface area (Å²) in [5, 5.41) is 21.1. The maximum absolute atomic E-state index is 11.6. The Bertz CT molecular complexity index is 275. The van der Waals surface area contributed by atoms with Gasteiger partial charge in [-0.15, -0.1) is 0 Å². The van der Waals surface area contributed by atoms with Crippen molar-refractivity contribution in [1.82, 2.24) is 5.32 Å². The predicted octanol–water partition coefficient (Wildman–Crippen LogP) is 2.88. The van der Waals surface area contributed by atoms with E-state index < -0.39 is 6.10 Å². The Labute approximate surface area is 148 Å². The number of nitrogens with one attached hydrogen (secondary N) is 1. The number of hydrogen-bond donors (Lipinski definition) is 4. The molecule has 0 saturated carbocycles. The van der Waals surface area contributed by atoms with Crippen LogP contribution in [-0.4, -0.2) is 41.9 Å². The van der Waals surface area contributed by atoms with Gasteiger partial charge >= 0.3 is 0 Å². The van der Waals surface area contributed by atoms with Gasteiger partial charge in [-0.05, 0) is 25.8 Å². The van der Waals surface area contributed by atoms with Gasteiger partial charge in [-0.25, -0.2) is 0 Å². The molecule has 0 bridgehead atoms. The molecule has 0 aromatic heterocycles. The fourth-order valence-electron chi connectivity index (χ4n) is 2.78. The molecule has 0 aromatic carbocycles. The fourth-order valence-corrected chi connectivity index (χ4v) is 2.78. The highest BCUT2D eigenvalue weighted by Crippen LogP contribution is 2.13. The van der Waals surface area contributed by atoms with Gasteiger partial charge in [0.05, 0.1) is 0 Å². The second-order valence-corrected chi connectivity index (χ2v) is 6.70. The Morgan fingerprint density at radius 1 is 0.792 bits per heavy atom. The number of carbonyl (C=O) groups is 1. The first-order valence-electron chi connectivity index (χ1n) is 9.99. The first-order valence-corrected chi connectivity index (χ1v) is 9.99. The number of unbranched alkanes of at least 4 members (excludes halogenated alkanes) is 11. The summed E-state index contributed by atoms with van der Waals surface area (Å²) in [5.74, 6) is -0.262. The normalized spacial score (nSPS) is 12.3. The Morgan fingerprint density at radius 3 is 1.71 bits per heavy atom. The molecule has 5 nitrogen and oxygen atoms in total. The third-order valence-corrected chi connectivity index (χ3v) is 4.37.